The van der Waals surface area contributed by atoms with Gasteiger partial charge < -0.3 is 4.57 Å². The highest BCUT2D eigenvalue weighted by molar-refractivity contribution is 9.10. The molecule has 0 unspecified atom stereocenters. The number of anilines is 1. The summed E-state index contributed by atoms with van der Waals surface area (Å²) in [5, 5.41) is 0.660. The highest BCUT2D eigenvalue weighted by Crippen LogP contribution is 2.32. The van der Waals surface area contributed by atoms with Crippen LogP contribution in [0.1, 0.15) is 16.8 Å². The third-order valence-corrected chi connectivity index (χ3v) is 6.18. The summed E-state index contributed by atoms with van der Waals surface area (Å²) in [6.45, 7) is 1.14. The molecule has 0 saturated carbocycles. The molecule has 30 heavy (non-hydrogen) atoms. The van der Waals surface area contributed by atoms with Crippen LogP contribution >= 0.6 is 51.3 Å². The van der Waals surface area contributed by atoms with Gasteiger partial charge in [-0.3, -0.25) is 9.69 Å². The summed E-state index contributed by atoms with van der Waals surface area (Å²) in [4.78, 5) is 23.5. The maximum atomic E-state index is 13.4. The summed E-state index contributed by atoms with van der Waals surface area (Å²) in [7, 11) is 0. The van der Waals surface area contributed by atoms with Crippen molar-refractivity contribution in [3.05, 3.63) is 76.0 Å². The van der Waals surface area contributed by atoms with Crippen LogP contribution in [0.5, 0.6) is 0 Å². The molecule has 0 radical (unpaired) electrons. The van der Waals surface area contributed by atoms with Crippen LogP contribution in [-0.2, 0) is 6.54 Å². The maximum absolute atomic E-state index is 13.4. The number of aromatic nitrogens is 3. The van der Waals surface area contributed by atoms with Crippen LogP contribution in [0.2, 0.25) is 5.02 Å². The molecule has 0 atom stereocenters. The summed E-state index contributed by atoms with van der Waals surface area (Å²) in [5.74, 6) is -0.790. The molecule has 4 aromatic rings. The molecule has 2 aromatic heterocycles. The third kappa shape index (κ3) is 5.00. The Morgan fingerprint density at radius 2 is 2.10 bits per heavy atom. The maximum Gasteiger partial charge on any atom is 0.261 e. The molecule has 0 bridgehead atoms. The molecular weight excluding hydrogens is 514 g/mol. The number of imidazole rings is 1. The van der Waals surface area contributed by atoms with E-state index < -0.39 is 5.82 Å². The summed E-state index contributed by atoms with van der Waals surface area (Å²) >= 11 is 11.0. The number of nitrogens with zero attached hydrogens (tertiary/aromatic N) is 4. The van der Waals surface area contributed by atoms with Gasteiger partial charge in [-0.25, -0.2) is 14.4 Å². The molecule has 0 fully saturated rings. The van der Waals surface area contributed by atoms with Crippen molar-refractivity contribution in [1.29, 1.82) is 0 Å². The van der Waals surface area contributed by atoms with Crippen molar-refractivity contribution in [2.24, 2.45) is 0 Å². The number of amides is 1. The second-order valence-electron chi connectivity index (χ2n) is 6.34. The van der Waals surface area contributed by atoms with E-state index in [4.69, 9.17) is 11.6 Å². The van der Waals surface area contributed by atoms with E-state index in [1.807, 2.05) is 29.0 Å². The molecule has 0 spiro atoms. The lowest BCUT2D eigenvalue weighted by molar-refractivity contribution is 0.0986. The van der Waals surface area contributed by atoms with E-state index in [1.54, 1.807) is 17.4 Å². The van der Waals surface area contributed by atoms with Crippen LogP contribution in [0.25, 0.3) is 10.2 Å². The van der Waals surface area contributed by atoms with Crippen molar-refractivity contribution >= 4 is 72.5 Å². The molecule has 0 aliphatic carbocycles. The second kappa shape index (κ2) is 9.87. The number of hydrogen-bond donors (Lipinski definition) is 0. The Kier molecular flexibility index (Phi) is 7.46. The molecule has 2 heterocycles. The first kappa shape index (κ1) is 22.7. The number of fused-ring (bicyclic) bond motifs is 1. The lowest BCUT2D eigenvalue weighted by Gasteiger charge is -2.20. The number of rotatable bonds is 6. The zero-order chi connectivity index (χ0) is 20.4. The van der Waals surface area contributed by atoms with Crippen molar-refractivity contribution in [3.63, 3.8) is 0 Å². The molecule has 2 aromatic carbocycles. The second-order valence-corrected chi connectivity index (χ2v) is 8.68. The lowest BCUT2D eigenvalue weighted by Crippen LogP contribution is -2.32. The fourth-order valence-corrected chi connectivity index (χ4v) is 4.71. The molecule has 0 saturated heterocycles. The Labute approximate surface area is 196 Å². The van der Waals surface area contributed by atoms with Gasteiger partial charge in [0, 0.05) is 30.0 Å². The standard InChI is InChI=1S/C20H15BrClFN4OS.ClH/c21-13-2-5-17-18(10-13)29-20(25-17)27(8-1-7-26-9-6-24-12-26)19(28)15-4-3-14(23)11-16(15)22;/h2-6,9-12H,1,7-8H2;1H. The molecule has 156 valence electrons. The average molecular weight is 530 g/mol. The predicted octanol–water partition coefficient (Wildman–Crippen LogP) is 6.21. The van der Waals surface area contributed by atoms with Crippen molar-refractivity contribution in [3.8, 4) is 0 Å². The summed E-state index contributed by atoms with van der Waals surface area (Å²) in [6.07, 6.45) is 6.02. The van der Waals surface area contributed by atoms with Gasteiger partial charge in [0.05, 0.1) is 27.1 Å². The van der Waals surface area contributed by atoms with Gasteiger partial charge in [0.15, 0.2) is 5.13 Å². The Morgan fingerprint density at radius 1 is 1.27 bits per heavy atom. The number of hydrogen-bond acceptors (Lipinski definition) is 4. The van der Waals surface area contributed by atoms with Gasteiger partial charge in [-0.1, -0.05) is 38.9 Å². The van der Waals surface area contributed by atoms with Crippen molar-refractivity contribution in [1.82, 2.24) is 14.5 Å². The van der Waals surface area contributed by atoms with Gasteiger partial charge in [-0.2, -0.15) is 0 Å². The molecule has 10 heteroatoms. The minimum atomic E-state index is -0.483. The van der Waals surface area contributed by atoms with Gasteiger partial charge in [-0.05, 0) is 42.8 Å². The van der Waals surface area contributed by atoms with E-state index in [-0.39, 0.29) is 28.9 Å². The van der Waals surface area contributed by atoms with Gasteiger partial charge >= 0.3 is 0 Å². The van der Waals surface area contributed by atoms with Crippen LogP contribution in [0.4, 0.5) is 9.52 Å². The van der Waals surface area contributed by atoms with Gasteiger partial charge in [0.25, 0.3) is 5.91 Å². The molecular formula is C20H16BrCl2FN4OS. The monoisotopic (exact) mass is 528 g/mol. The Hall–Kier alpha value is -2.00. The van der Waals surface area contributed by atoms with Crippen LogP contribution in [0.3, 0.4) is 0 Å². The minimum absolute atomic E-state index is 0. The quantitative estimate of drug-likeness (QED) is 0.298. The molecule has 0 N–H and O–H groups in total. The van der Waals surface area contributed by atoms with Crippen LogP contribution in [0, 0.1) is 5.82 Å². The fraction of sp³-hybridized carbons (Fsp3) is 0.150. The largest absolute Gasteiger partial charge is 0.337 e. The number of thiazole rings is 1. The van der Waals surface area contributed by atoms with Crippen molar-refractivity contribution < 1.29 is 9.18 Å². The number of aryl methyl sites for hydroxylation is 1. The zero-order valence-electron chi connectivity index (χ0n) is 15.5. The van der Waals surface area contributed by atoms with Crippen molar-refractivity contribution in [2.45, 2.75) is 13.0 Å². The molecule has 0 aliphatic rings. The van der Waals surface area contributed by atoms with E-state index >= 15 is 0 Å². The van der Waals surface area contributed by atoms with Crippen LogP contribution < -0.4 is 4.90 Å². The average Bonchev–Trinajstić information content (AvgIpc) is 3.34. The number of carbonyl (C=O) groups excluding carboxylic acids is 1. The first-order chi connectivity index (χ1) is 14.0. The highest BCUT2D eigenvalue weighted by atomic mass is 79.9. The van der Waals surface area contributed by atoms with Crippen LogP contribution in [0.15, 0.2) is 59.6 Å². The van der Waals surface area contributed by atoms with Gasteiger partial charge in [-0.15, -0.1) is 12.4 Å². The molecule has 5 nitrogen and oxygen atoms in total. The summed E-state index contributed by atoms with van der Waals surface area (Å²) in [5.41, 5.74) is 1.06. The lowest BCUT2D eigenvalue weighted by atomic mass is 10.2. The Morgan fingerprint density at radius 3 is 2.83 bits per heavy atom. The Bertz CT molecular complexity index is 1170. The smallest absolute Gasteiger partial charge is 0.261 e. The first-order valence-corrected chi connectivity index (χ1v) is 10.8. The molecule has 0 aliphatic heterocycles. The van der Waals surface area contributed by atoms with Gasteiger partial charge in [0.2, 0.25) is 0 Å². The van der Waals surface area contributed by atoms with Gasteiger partial charge in [0.1, 0.15) is 5.82 Å². The number of halogens is 4. The first-order valence-electron chi connectivity index (χ1n) is 8.80. The third-order valence-electron chi connectivity index (χ3n) is 4.33. The van der Waals surface area contributed by atoms with E-state index in [1.165, 1.54) is 23.5 Å². The predicted molar refractivity (Wildman–Crippen MR) is 124 cm³/mol. The summed E-state index contributed by atoms with van der Waals surface area (Å²) in [6, 6.07) is 9.57. The number of benzene rings is 2. The highest BCUT2D eigenvalue weighted by Gasteiger charge is 2.23. The van der Waals surface area contributed by atoms with E-state index in [9.17, 15) is 9.18 Å². The normalized spacial score (nSPS) is 10.8. The van der Waals surface area contributed by atoms with E-state index in [0.29, 0.717) is 24.6 Å². The number of carbonyl (C=O) groups is 1. The molecule has 1 amide bonds. The SMILES string of the molecule is Cl.O=C(c1ccc(F)cc1Cl)N(CCCn1ccnc1)c1nc2ccc(Br)cc2s1. The molecule has 4 rings (SSSR count). The zero-order valence-corrected chi connectivity index (χ0v) is 19.4. The van der Waals surface area contributed by atoms with Crippen LogP contribution in [-0.4, -0.2) is 27.0 Å². The van der Waals surface area contributed by atoms with E-state index in [0.717, 1.165) is 20.8 Å². The minimum Gasteiger partial charge on any atom is -0.337 e. The van der Waals surface area contributed by atoms with Crippen molar-refractivity contribution in [2.75, 3.05) is 11.4 Å². The summed E-state index contributed by atoms with van der Waals surface area (Å²) < 4.78 is 17.3. The topological polar surface area (TPSA) is 51.0 Å². The van der Waals surface area contributed by atoms with E-state index in [2.05, 4.69) is 25.9 Å². The fourth-order valence-electron chi connectivity index (χ4n) is 2.92. The Balaban J connectivity index is 0.00000256.